The number of nitrogens with two attached hydrogens (primary N) is 1. The fourth-order valence-corrected chi connectivity index (χ4v) is 2.33. The zero-order valence-electron chi connectivity index (χ0n) is 9.08. The van der Waals surface area contributed by atoms with E-state index in [1.165, 1.54) is 18.1 Å². The van der Waals surface area contributed by atoms with Crippen molar-refractivity contribution in [1.29, 1.82) is 0 Å². The van der Waals surface area contributed by atoms with E-state index in [0.29, 0.717) is 5.69 Å². The van der Waals surface area contributed by atoms with Gasteiger partial charge in [-0.05, 0) is 12.1 Å². The fourth-order valence-electron chi connectivity index (χ4n) is 1.46. The van der Waals surface area contributed by atoms with Crippen LogP contribution in [0.1, 0.15) is 0 Å². The molecule has 5 nitrogen and oxygen atoms in total. The largest absolute Gasteiger partial charge is 0.399 e. The van der Waals surface area contributed by atoms with Crippen LogP contribution in [-0.4, -0.2) is 30.8 Å². The Labute approximate surface area is 94.3 Å². The molecular formula is C10H13N3O2S. The minimum absolute atomic E-state index is 0.618. The smallest absolute Gasteiger partial charge is 0.306 e. The van der Waals surface area contributed by atoms with E-state index in [2.05, 4.69) is 0 Å². The predicted molar refractivity (Wildman–Crippen MR) is 64.4 cm³/mol. The van der Waals surface area contributed by atoms with Crippen molar-refractivity contribution in [3.8, 4) is 0 Å². The van der Waals surface area contributed by atoms with Crippen LogP contribution in [0.25, 0.3) is 10.8 Å². The molecule has 0 saturated heterocycles. The van der Waals surface area contributed by atoms with Gasteiger partial charge in [0.05, 0.1) is 0 Å². The van der Waals surface area contributed by atoms with Crippen molar-refractivity contribution in [2.45, 2.75) is 0 Å². The van der Waals surface area contributed by atoms with E-state index in [0.717, 1.165) is 15.1 Å². The van der Waals surface area contributed by atoms with Gasteiger partial charge in [0.2, 0.25) is 0 Å². The van der Waals surface area contributed by atoms with E-state index in [1.807, 2.05) is 0 Å². The summed E-state index contributed by atoms with van der Waals surface area (Å²) in [5.74, 6) is 0. The summed E-state index contributed by atoms with van der Waals surface area (Å²) < 4.78 is 26.0. The minimum atomic E-state index is -3.44. The lowest BCUT2D eigenvalue weighted by Crippen LogP contribution is -2.27. The number of rotatable bonds is 2. The summed E-state index contributed by atoms with van der Waals surface area (Å²) in [4.78, 5) is 0. The lowest BCUT2D eigenvalue weighted by atomic mass is 10.2. The van der Waals surface area contributed by atoms with E-state index in [1.54, 1.807) is 30.6 Å². The van der Waals surface area contributed by atoms with Crippen LogP contribution < -0.4 is 5.73 Å². The fraction of sp³-hybridized carbons (Fsp3) is 0.200. The lowest BCUT2D eigenvalue weighted by Gasteiger charge is -2.11. The first-order valence-electron chi connectivity index (χ1n) is 4.71. The van der Waals surface area contributed by atoms with Crippen LogP contribution in [0.2, 0.25) is 0 Å². The summed E-state index contributed by atoms with van der Waals surface area (Å²) in [5.41, 5.74) is 6.25. The van der Waals surface area contributed by atoms with Crippen molar-refractivity contribution >= 4 is 26.7 Å². The van der Waals surface area contributed by atoms with Gasteiger partial charge in [0.25, 0.3) is 0 Å². The zero-order chi connectivity index (χ0) is 11.9. The van der Waals surface area contributed by atoms with Crippen molar-refractivity contribution in [1.82, 2.24) is 8.28 Å². The first-order chi connectivity index (χ1) is 7.41. The van der Waals surface area contributed by atoms with Crippen LogP contribution in [-0.2, 0) is 10.2 Å². The monoisotopic (exact) mass is 239 g/mol. The molecule has 86 valence electrons. The molecular weight excluding hydrogens is 226 g/mol. The average Bonchev–Trinajstić information content (AvgIpc) is 2.60. The highest BCUT2D eigenvalue weighted by molar-refractivity contribution is 7.87. The number of nitrogens with zero attached hydrogens (tertiary/aromatic N) is 2. The SMILES string of the molecule is CN(C)S(=O)(=O)n1cc2ccc(N)cc2c1. The van der Waals surface area contributed by atoms with Crippen molar-refractivity contribution in [2.24, 2.45) is 0 Å². The van der Waals surface area contributed by atoms with Crippen molar-refractivity contribution in [2.75, 3.05) is 19.8 Å². The Morgan fingerprint density at radius 2 is 1.81 bits per heavy atom. The number of anilines is 1. The second kappa shape index (κ2) is 3.50. The highest BCUT2D eigenvalue weighted by Crippen LogP contribution is 2.19. The van der Waals surface area contributed by atoms with Crippen LogP contribution in [0.3, 0.4) is 0 Å². The predicted octanol–water partition coefficient (Wildman–Crippen LogP) is 0.878. The third-order valence-corrected chi connectivity index (χ3v) is 4.04. The quantitative estimate of drug-likeness (QED) is 0.791. The molecule has 6 heteroatoms. The molecule has 1 aromatic heterocycles. The first-order valence-corrected chi connectivity index (χ1v) is 6.11. The number of nitrogen functional groups attached to an aromatic ring is 1. The highest BCUT2D eigenvalue weighted by Gasteiger charge is 2.16. The van der Waals surface area contributed by atoms with Crippen molar-refractivity contribution in [3.05, 3.63) is 30.6 Å². The van der Waals surface area contributed by atoms with Crippen LogP contribution in [0.4, 0.5) is 5.69 Å². The Hall–Kier alpha value is -1.53. The molecule has 0 amide bonds. The van der Waals surface area contributed by atoms with Gasteiger partial charge in [-0.2, -0.15) is 12.7 Å². The van der Waals surface area contributed by atoms with Gasteiger partial charge in [-0.15, -0.1) is 0 Å². The van der Waals surface area contributed by atoms with Crippen LogP contribution in [0.15, 0.2) is 30.6 Å². The van der Waals surface area contributed by atoms with Gasteiger partial charge in [-0.3, -0.25) is 0 Å². The minimum Gasteiger partial charge on any atom is -0.399 e. The van der Waals surface area contributed by atoms with Crippen LogP contribution in [0, 0.1) is 0 Å². The molecule has 0 aliphatic carbocycles. The second-order valence-electron chi connectivity index (χ2n) is 3.77. The van der Waals surface area contributed by atoms with Crippen molar-refractivity contribution in [3.63, 3.8) is 0 Å². The molecule has 0 aliphatic heterocycles. The normalized spacial score (nSPS) is 12.4. The number of benzene rings is 1. The number of hydrogen-bond donors (Lipinski definition) is 1. The molecule has 0 bridgehead atoms. The lowest BCUT2D eigenvalue weighted by molar-refractivity contribution is 0.511. The maximum absolute atomic E-state index is 11.8. The van der Waals surface area contributed by atoms with Crippen molar-refractivity contribution < 1.29 is 8.42 Å². The van der Waals surface area contributed by atoms with Gasteiger partial charge < -0.3 is 5.73 Å². The molecule has 0 aliphatic rings. The van der Waals surface area contributed by atoms with E-state index in [9.17, 15) is 8.42 Å². The molecule has 2 N–H and O–H groups in total. The van der Waals surface area contributed by atoms with E-state index in [-0.39, 0.29) is 0 Å². The Morgan fingerprint density at radius 3 is 2.44 bits per heavy atom. The van der Waals surface area contributed by atoms with Gasteiger partial charge >= 0.3 is 10.2 Å². The molecule has 0 atom stereocenters. The second-order valence-corrected chi connectivity index (χ2v) is 5.81. The Bertz CT molecular complexity index is 629. The summed E-state index contributed by atoms with van der Waals surface area (Å²) in [6, 6.07) is 5.29. The van der Waals surface area contributed by atoms with E-state index >= 15 is 0 Å². The summed E-state index contributed by atoms with van der Waals surface area (Å²) in [6.07, 6.45) is 3.13. The van der Waals surface area contributed by atoms with Gasteiger partial charge in [0.1, 0.15) is 0 Å². The van der Waals surface area contributed by atoms with Gasteiger partial charge in [0.15, 0.2) is 0 Å². The molecule has 0 unspecified atom stereocenters. The Balaban J connectivity index is 2.65. The number of fused-ring (bicyclic) bond motifs is 1. The highest BCUT2D eigenvalue weighted by atomic mass is 32.2. The van der Waals surface area contributed by atoms with Crippen LogP contribution in [0.5, 0.6) is 0 Å². The molecule has 0 fully saturated rings. The topological polar surface area (TPSA) is 68.3 Å². The standard InChI is InChI=1S/C10H13N3O2S/c1-12(2)16(14,15)13-6-8-3-4-10(11)5-9(8)7-13/h3-7H,11H2,1-2H3. The maximum Gasteiger partial charge on any atom is 0.306 e. The summed E-state index contributed by atoms with van der Waals surface area (Å²) in [5, 5.41) is 1.66. The summed E-state index contributed by atoms with van der Waals surface area (Å²) in [7, 11) is -0.454. The molecule has 2 aromatic rings. The van der Waals surface area contributed by atoms with Gasteiger partial charge in [-0.25, -0.2) is 3.97 Å². The van der Waals surface area contributed by atoms with Crippen LogP contribution >= 0.6 is 0 Å². The summed E-state index contributed by atoms with van der Waals surface area (Å²) >= 11 is 0. The number of aromatic nitrogens is 1. The summed E-state index contributed by atoms with van der Waals surface area (Å²) in [6.45, 7) is 0. The third kappa shape index (κ3) is 1.66. The van der Waals surface area contributed by atoms with E-state index < -0.39 is 10.2 Å². The number of hydrogen-bond acceptors (Lipinski definition) is 3. The van der Waals surface area contributed by atoms with Gasteiger partial charge in [-0.1, -0.05) is 6.07 Å². The molecule has 16 heavy (non-hydrogen) atoms. The molecule has 2 rings (SSSR count). The third-order valence-electron chi connectivity index (χ3n) is 2.37. The van der Waals surface area contributed by atoms with E-state index in [4.69, 9.17) is 5.73 Å². The Morgan fingerprint density at radius 1 is 1.19 bits per heavy atom. The molecule has 1 aromatic carbocycles. The molecule has 1 heterocycles. The maximum atomic E-state index is 11.8. The molecule has 0 saturated carbocycles. The van der Waals surface area contributed by atoms with Gasteiger partial charge in [0, 0.05) is 42.9 Å². The average molecular weight is 239 g/mol. The zero-order valence-corrected chi connectivity index (χ0v) is 9.90. The Kier molecular flexibility index (Phi) is 2.40. The molecule has 0 spiro atoms. The first kappa shape index (κ1) is 11.0. The molecule has 0 radical (unpaired) electrons.